The van der Waals surface area contributed by atoms with E-state index in [0.29, 0.717) is 11.8 Å². The van der Waals surface area contributed by atoms with Crippen LogP contribution < -0.4 is 4.74 Å². The molecule has 3 rings (SSSR count). The number of benzene rings is 1. The summed E-state index contributed by atoms with van der Waals surface area (Å²) < 4.78 is 5.55. The minimum Gasteiger partial charge on any atom is -0.491 e. The van der Waals surface area contributed by atoms with Crippen LogP contribution in [0.1, 0.15) is 5.69 Å². The second-order valence-electron chi connectivity index (χ2n) is 3.32. The Morgan fingerprint density at radius 1 is 1.21 bits per heavy atom. The molecule has 0 N–H and O–H groups in total. The Morgan fingerprint density at radius 3 is 2.86 bits per heavy atom. The molecule has 70 valence electrons. The highest BCUT2D eigenvalue weighted by Crippen LogP contribution is 2.35. The van der Waals surface area contributed by atoms with Crippen molar-refractivity contribution in [2.45, 2.75) is 6.42 Å². The van der Waals surface area contributed by atoms with Crippen LogP contribution >= 0.6 is 11.6 Å². The number of rotatable bonds is 0. The number of pyridine rings is 1. The molecule has 0 spiro atoms. The van der Waals surface area contributed by atoms with Crippen molar-refractivity contribution in [3.63, 3.8) is 0 Å². The highest BCUT2D eigenvalue weighted by Gasteiger charge is 2.18. The van der Waals surface area contributed by atoms with Crippen molar-refractivity contribution in [3.8, 4) is 5.75 Å². The van der Waals surface area contributed by atoms with E-state index in [9.17, 15) is 0 Å². The van der Waals surface area contributed by atoms with Gasteiger partial charge in [0.25, 0.3) is 0 Å². The lowest BCUT2D eigenvalue weighted by Crippen LogP contribution is -1.87. The SMILES string of the molecule is Clc1nc2c(c3ccccc13)OCC2. The number of hydrogen-bond acceptors (Lipinski definition) is 2. The Morgan fingerprint density at radius 2 is 2.00 bits per heavy atom. The van der Waals surface area contributed by atoms with E-state index in [1.807, 2.05) is 24.3 Å². The first-order valence-corrected chi connectivity index (χ1v) is 4.94. The molecule has 2 nitrogen and oxygen atoms in total. The fraction of sp³-hybridized carbons (Fsp3) is 0.182. The van der Waals surface area contributed by atoms with Crippen molar-refractivity contribution < 1.29 is 4.74 Å². The molecule has 2 aromatic rings. The van der Waals surface area contributed by atoms with Crippen molar-refractivity contribution in [2.24, 2.45) is 0 Å². The molecule has 0 fully saturated rings. The lowest BCUT2D eigenvalue weighted by atomic mass is 10.1. The van der Waals surface area contributed by atoms with E-state index >= 15 is 0 Å². The number of nitrogens with zero attached hydrogens (tertiary/aromatic N) is 1. The number of fused-ring (bicyclic) bond motifs is 3. The first kappa shape index (κ1) is 8.06. The zero-order chi connectivity index (χ0) is 9.54. The van der Waals surface area contributed by atoms with Gasteiger partial charge in [0.05, 0.1) is 12.3 Å². The molecule has 0 saturated heterocycles. The van der Waals surface area contributed by atoms with Crippen molar-refractivity contribution in [1.82, 2.24) is 4.98 Å². The minimum absolute atomic E-state index is 0.574. The molecule has 0 amide bonds. The van der Waals surface area contributed by atoms with Crippen molar-refractivity contribution in [3.05, 3.63) is 35.1 Å². The third kappa shape index (κ3) is 1.01. The molecule has 0 bridgehead atoms. The molecule has 1 aliphatic rings. The zero-order valence-electron chi connectivity index (χ0n) is 7.46. The van der Waals surface area contributed by atoms with E-state index in [2.05, 4.69) is 4.98 Å². The van der Waals surface area contributed by atoms with E-state index < -0.39 is 0 Å². The number of hydrogen-bond donors (Lipinski definition) is 0. The average molecular weight is 206 g/mol. The highest BCUT2D eigenvalue weighted by molar-refractivity contribution is 6.34. The van der Waals surface area contributed by atoms with Crippen LogP contribution in [0.25, 0.3) is 10.8 Å². The molecular formula is C11H8ClNO. The van der Waals surface area contributed by atoms with Gasteiger partial charge in [-0.15, -0.1) is 0 Å². The van der Waals surface area contributed by atoms with Gasteiger partial charge in [-0.2, -0.15) is 0 Å². The molecule has 2 heterocycles. The normalized spacial score (nSPS) is 14.1. The lowest BCUT2D eigenvalue weighted by Gasteiger charge is -2.05. The van der Waals surface area contributed by atoms with E-state index in [1.165, 1.54) is 0 Å². The summed E-state index contributed by atoms with van der Waals surface area (Å²) in [5.41, 5.74) is 0.980. The van der Waals surface area contributed by atoms with Crippen LogP contribution in [0.2, 0.25) is 5.15 Å². The maximum atomic E-state index is 6.07. The molecule has 1 aromatic carbocycles. The average Bonchev–Trinajstić information content (AvgIpc) is 2.66. The summed E-state index contributed by atoms with van der Waals surface area (Å²) in [5, 5.41) is 2.61. The van der Waals surface area contributed by atoms with Crippen LogP contribution in [-0.2, 0) is 6.42 Å². The quantitative estimate of drug-likeness (QED) is 0.617. The van der Waals surface area contributed by atoms with Gasteiger partial charge < -0.3 is 4.74 Å². The summed E-state index contributed by atoms with van der Waals surface area (Å²) in [6.45, 7) is 0.715. The van der Waals surface area contributed by atoms with Crippen LogP contribution in [0, 0.1) is 0 Å². The van der Waals surface area contributed by atoms with Gasteiger partial charge in [-0.1, -0.05) is 35.9 Å². The molecule has 0 unspecified atom stereocenters. The molecule has 0 aliphatic carbocycles. The van der Waals surface area contributed by atoms with Gasteiger partial charge in [0.2, 0.25) is 0 Å². The predicted octanol–water partition coefficient (Wildman–Crippen LogP) is 2.82. The fourth-order valence-corrected chi connectivity index (χ4v) is 2.09. The standard InChI is InChI=1S/C11H8ClNO/c12-11-8-4-2-1-3-7(8)10-9(13-11)5-6-14-10/h1-4H,5-6H2. The topological polar surface area (TPSA) is 22.1 Å². The number of aromatic nitrogens is 1. The van der Waals surface area contributed by atoms with Gasteiger partial charge in [-0.25, -0.2) is 4.98 Å². The third-order valence-corrected chi connectivity index (χ3v) is 2.76. The van der Waals surface area contributed by atoms with Crippen molar-refractivity contribution in [1.29, 1.82) is 0 Å². The van der Waals surface area contributed by atoms with Crippen LogP contribution in [0.3, 0.4) is 0 Å². The molecule has 1 aromatic heterocycles. The summed E-state index contributed by atoms with van der Waals surface area (Å²) in [6, 6.07) is 7.93. The molecule has 1 aliphatic heterocycles. The molecule has 14 heavy (non-hydrogen) atoms. The molecule has 0 atom stereocenters. The van der Waals surface area contributed by atoms with E-state index in [4.69, 9.17) is 16.3 Å². The Kier molecular flexibility index (Phi) is 1.64. The Hall–Kier alpha value is -1.28. The molecule has 3 heteroatoms. The second kappa shape index (κ2) is 2.85. The highest BCUT2D eigenvalue weighted by atomic mass is 35.5. The van der Waals surface area contributed by atoms with Gasteiger partial charge in [-0.3, -0.25) is 0 Å². The summed E-state index contributed by atoms with van der Waals surface area (Å²) in [5.74, 6) is 0.907. The molecule has 0 saturated carbocycles. The Balaban J connectivity index is 2.47. The summed E-state index contributed by atoms with van der Waals surface area (Å²) >= 11 is 6.07. The Labute approximate surface area is 86.5 Å². The first-order chi connectivity index (χ1) is 6.86. The van der Waals surface area contributed by atoms with Crippen molar-refractivity contribution >= 4 is 22.4 Å². The maximum Gasteiger partial charge on any atom is 0.148 e. The zero-order valence-corrected chi connectivity index (χ0v) is 8.21. The fourth-order valence-electron chi connectivity index (χ4n) is 1.83. The van der Waals surface area contributed by atoms with E-state index in [1.54, 1.807) is 0 Å². The van der Waals surface area contributed by atoms with Crippen LogP contribution in [0.4, 0.5) is 0 Å². The van der Waals surface area contributed by atoms with E-state index in [-0.39, 0.29) is 0 Å². The second-order valence-corrected chi connectivity index (χ2v) is 3.68. The van der Waals surface area contributed by atoms with Gasteiger partial charge in [0.15, 0.2) is 0 Å². The monoisotopic (exact) mass is 205 g/mol. The summed E-state index contributed by atoms with van der Waals surface area (Å²) in [4.78, 5) is 4.32. The van der Waals surface area contributed by atoms with Gasteiger partial charge in [-0.05, 0) is 0 Å². The van der Waals surface area contributed by atoms with Crippen molar-refractivity contribution in [2.75, 3.05) is 6.61 Å². The van der Waals surface area contributed by atoms with Crippen LogP contribution in [-0.4, -0.2) is 11.6 Å². The maximum absolute atomic E-state index is 6.07. The summed E-state index contributed by atoms with van der Waals surface area (Å²) in [6.07, 6.45) is 0.861. The van der Waals surface area contributed by atoms with Gasteiger partial charge in [0.1, 0.15) is 10.9 Å². The predicted molar refractivity (Wildman–Crippen MR) is 56.0 cm³/mol. The van der Waals surface area contributed by atoms with Gasteiger partial charge in [0, 0.05) is 17.2 Å². The van der Waals surface area contributed by atoms with Gasteiger partial charge >= 0.3 is 0 Å². The van der Waals surface area contributed by atoms with E-state index in [0.717, 1.165) is 28.6 Å². The smallest absolute Gasteiger partial charge is 0.148 e. The number of halogens is 1. The third-order valence-electron chi connectivity index (χ3n) is 2.47. The lowest BCUT2D eigenvalue weighted by molar-refractivity contribution is 0.360. The largest absolute Gasteiger partial charge is 0.491 e. The molecule has 0 radical (unpaired) electrons. The molecular weight excluding hydrogens is 198 g/mol. The van der Waals surface area contributed by atoms with Crippen LogP contribution in [0.15, 0.2) is 24.3 Å². The summed E-state index contributed by atoms with van der Waals surface area (Å²) in [7, 11) is 0. The number of ether oxygens (including phenoxy) is 1. The minimum atomic E-state index is 0.574. The Bertz CT molecular complexity index is 510. The van der Waals surface area contributed by atoms with Crippen LogP contribution in [0.5, 0.6) is 5.75 Å². The first-order valence-electron chi connectivity index (χ1n) is 4.56.